The first-order valence-corrected chi connectivity index (χ1v) is 4.58. The third kappa shape index (κ3) is 2.21. The number of benzene rings is 1. The van der Waals surface area contributed by atoms with Crippen LogP contribution in [0, 0.1) is 6.92 Å². The molecule has 0 bridgehead atoms. The van der Waals surface area contributed by atoms with Crippen LogP contribution >= 0.6 is 0 Å². The molecule has 1 aromatic carbocycles. The molecule has 0 aromatic heterocycles. The van der Waals surface area contributed by atoms with Crippen molar-refractivity contribution in [2.24, 2.45) is 0 Å². The maximum Gasteiger partial charge on any atom is 0.251 e. The standard InChI is InChI=1S/C11H15NO3/c1-7-9(14-3)5-8(11(13)12-2)6-10(7)15-4/h5-6H,1-4H3,(H,12,13). The highest BCUT2D eigenvalue weighted by Gasteiger charge is 2.11. The van der Waals surface area contributed by atoms with Gasteiger partial charge in [-0.2, -0.15) is 0 Å². The number of hydrogen-bond donors (Lipinski definition) is 1. The van der Waals surface area contributed by atoms with Gasteiger partial charge in [-0.15, -0.1) is 0 Å². The summed E-state index contributed by atoms with van der Waals surface area (Å²) in [6, 6.07) is 3.38. The molecule has 0 aliphatic heterocycles. The fourth-order valence-electron chi connectivity index (χ4n) is 1.36. The van der Waals surface area contributed by atoms with Crippen LogP contribution in [-0.4, -0.2) is 27.2 Å². The van der Waals surface area contributed by atoms with E-state index in [1.54, 1.807) is 33.4 Å². The summed E-state index contributed by atoms with van der Waals surface area (Å²) in [5.74, 6) is 1.13. The van der Waals surface area contributed by atoms with Gasteiger partial charge in [-0.05, 0) is 19.1 Å². The number of methoxy groups -OCH3 is 2. The molecule has 0 atom stereocenters. The molecular weight excluding hydrogens is 194 g/mol. The van der Waals surface area contributed by atoms with Gasteiger partial charge in [0.2, 0.25) is 0 Å². The molecule has 0 unspecified atom stereocenters. The van der Waals surface area contributed by atoms with Crippen molar-refractivity contribution in [3.8, 4) is 11.5 Å². The van der Waals surface area contributed by atoms with Crippen molar-refractivity contribution < 1.29 is 14.3 Å². The average molecular weight is 209 g/mol. The second-order valence-corrected chi connectivity index (χ2v) is 3.08. The molecule has 0 aliphatic rings. The highest BCUT2D eigenvalue weighted by molar-refractivity contribution is 5.95. The lowest BCUT2D eigenvalue weighted by Gasteiger charge is -2.11. The van der Waals surface area contributed by atoms with Gasteiger partial charge >= 0.3 is 0 Å². The fraction of sp³-hybridized carbons (Fsp3) is 0.364. The minimum Gasteiger partial charge on any atom is -0.496 e. The first-order valence-electron chi connectivity index (χ1n) is 4.58. The van der Waals surface area contributed by atoms with Crippen molar-refractivity contribution in [3.05, 3.63) is 23.3 Å². The predicted molar refractivity (Wildman–Crippen MR) is 57.7 cm³/mol. The van der Waals surface area contributed by atoms with Gasteiger partial charge in [0.25, 0.3) is 5.91 Å². The van der Waals surface area contributed by atoms with Crippen LogP contribution < -0.4 is 14.8 Å². The zero-order valence-corrected chi connectivity index (χ0v) is 9.38. The molecule has 1 rings (SSSR count). The zero-order valence-electron chi connectivity index (χ0n) is 9.38. The van der Waals surface area contributed by atoms with Crippen LogP contribution in [0.4, 0.5) is 0 Å². The van der Waals surface area contributed by atoms with E-state index in [4.69, 9.17) is 9.47 Å². The molecule has 1 N–H and O–H groups in total. The largest absolute Gasteiger partial charge is 0.496 e. The Bertz CT molecular complexity index is 349. The van der Waals surface area contributed by atoms with Gasteiger partial charge in [0, 0.05) is 18.2 Å². The van der Waals surface area contributed by atoms with Crippen LogP contribution in [0.5, 0.6) is 11.5 Å². The number of amides is 1. The number of hydrogen-bond acceptors (Lipinski definition) is 3. The third-order valence-corrected chi connectivity index (χ3v) is 2.24. The summed E-state index contributed by atoms with van der Waals surface area (Å²) in [5.41, 5.74) is 1.41. The van der Waals surface area contributed by atoms with Crippen LogP contribution in [0.3, 0.4) is 0 Å². The Morgan fingerprint density at radius 1 is 1.20 bits per heavy atom. The van der Waals surface area contributed by atoms with E-state index in [0.717, 1.165) is 5.56 Å². The Morgan fingerprint density at radius 2 is 1.67 bits per heavy atom. The van der Waals surface area contributed by atoms with E-state index in [9.17, 15) is 4.79 Å². The number of carbonyl (C=O) groups excluding carboxylic acids is 1. The Balaban J connectivity index is 3.26. The highest BCUT2D eigenvalue weighted by Crippen LogP contribution is 2.29. The van der Waals surface area contributed by atoms with Crippen molar-refractivity contribution >= 4 is 5.91 Å². The van der Waals surface area contributed by atoms with Crippen LogP contribution in [0.15, 0.2) is 12.1 Å². The average Bonchev–Trinajstić information content (AvgIpc) is 2.28. The highest BCUT2D eigenvalue weighted by atomic mass is 16.5. The van der Waals surface area contributed by atoms with Gasteiger partial charge in [-0.25, -0.2) is 0 Å². The molecule has 0 spiro atoms. The Kier molecular flexibility index (Phi) is 3.55. The SMILES string of the molecule is CNC(=O)c1cc(OC)c(C)c(OC)c1. The van der Waals surface area contributed by atoms with Gasteiger partial charge in [-0.3, -0.25) is 4.79 Å². The maximum absolute atomic E-state index is 11.4. The summed E-state index contributed by atoms with van der Waals surface area (Å²) in [4.78, 5) is 11.4. The summed E-state index contributed by atoms with van der Waals surface area (Å²) in [6.45, 7) is 1.88. The van der Waals surface area contributed by atoms with Crippen molar-refractivity contribution in [1.29, 1.82) is 0 Å². The molecule has 1 aromatic rings. The van der Waals surface area contributed by atoms with Crippen molar-refractivity contribution in [2.45, 2.75) is 6.92 Å². The smallest absolute Gasteiger partial charge is 0.251 e. The first-order chi connectivity index (χ1) is 7.13. The first kappa shape index (κ1) is 11.4. The normalized spacial score (nSPS) is 9.60. The second kappa shape index (κ2) is 4.68. The Labute approximate surface area is 89.2 Å². The molecule has 0 aliphatic carbocycles. The molecule has 15 heavy (non-hydrogen) atoms. The Hall–Kier alpha value is -1.71. The van der Waals surface area contributed by atoms with Crippen LogP contribution in [0.25, 0.3) is 0 Å². The molecular formula is C11H15NO3. The maximum atomic E-state index is 11.4. The molecule has 4 heteroatoms. The van der Waals surface area contributed by atoms with Crippen molar-refractivity contribution in [2.75, 3.05) is 21.3 Å². The molecule has 0 saturated carbocycles. The Morgan fingerprint density at radius 3 is 2.00 bits per heavy atom. The number of rotatable bonds is 3. The summed E-state index contributed by atoms with van der Waals surface area (Å²) in [7, 11) is 4.71. The quantitative estimate of drug-likeness (QED) is 0.818. The molecule has 1 amide bonds. The van der Waals surface area contributed by atoms with Crippen LogP contribution in [-0.2, 0) is 0 Å². The zero-order chi connectivity index (χ0) is 11.4. The van der Waals surface area contributed by atoms with Gasteiger partial charge in [0.15, 0.2) is 0 Å². The van der Waals surface area contributed by atoms with Gasteiger partial charge in [-0.1, -0.05) is 0 Å². The molecule has 0 heterocycles. The summed E-state index contributed by atoms with van der Waals surface area (Å²) < 4.78 is 10.3. The summed E-state index contributed by atoms with van der Waals surface area (Å²) in [5, 5.41) is 2.55. The molecule has 0 fully saturated rings. The number of ether oxygens (including phenoxy) is 2. The van der Waals surface area contributed by atoms with Gasteiger partial charge in [0.05, 0.1) is 14.2 Å². The van der Waals surface area contributed by atoms with Gasteiger partial charge < -0.3 is 14.8 Å². The van der Waals surface area contributed by atoms with Gasteiger partial charge in [0.1, 0.15) is 11.5 Å². The predicted octanol–water partition coefficient (Wildman–Crippen LogP) is 1.37. The minimum atomic E-state index is -0.161. The van der Waals surface area contributed by atoms with E-state index < -0.39 is 0 Å². The van der Waals surface area contributed by atoms with Crippen molar-refractivity contribution in [3.63, 3.8) is 0 Å². The molecule has 4 nitrogen and oxygen atoms in total. The van der Waals surface area contributed by atoms with E-state index in [2.05, 4.69) is 5.32 Å². The third-order valence-electron chi connectivity index (χ3n) is 2.24. The number of nitrogens with one attached hydrogen (secondary N) is 1. The molecule has 0 saturated heterocycles. The molecule has 0 radical (unpaired) electrons. The fourth-order valence-corrected chi connectivity index (χ4v) is 1.36. The topological polar surface area (TPSA) is 47.6 Å². The monoisotopic (exact) mass is 209 g/mol. The summed E-state index contributed by atoms with van der Waals surface area (Å²) in [6.07, 6.45) is 0. The lowest BCUT2D eigenvalue weighted by atomic mass is 10.1. The van der Waals surface area contributed by atoms with Crippen molar-refractivity contribution in [1.82, 2.24) is 5.32 Å². The lowest BCUT2D eigenvalue weighted by Crippen LogP contribution is -2.18. The van der Waals surface area contributed by atoms with Crippen LogP contribution in [0.2, 0.25) is 0 Å². The van der Waals surface area contributed by atoms with E-state index in [1.165, 1.54) is 0 Å². The van der Waals surface area contributed by atoms with E-state index in [1.807, 2.05) is 6.92 Å². The van der Waals surface area contributed by atoms with E-state index >= 15 is 0 Å². The van der Waals surface area contributed by atoms with Crippen LogP contribution in [0.1, 0.15) is 15.9 Å². The minimum absolute atomic E-state index is 0.161. The van der Waals surface area contributed by atoms with E-state index in [-0.39, 0.29) is 5.91 Å². The lowest BCUT2D eigenvalue weighted by molar-refractivity contribution is 0.0962. The van der Waals surface area contributed by atoms with E-state index in [0.29, 0.717) is 17.1 Å². The molecule has 82 valence electrons. The number of carbonyl (C=O) groups is 1. The summed E-state index contributed by atoms with van der Waals surface area (Å²) >= 11 is 0. The second-order valence-electron chi connectivity index (χ2n) is 3.08.